The molecule has 1 N–H and O–H groups in total. The lowest BCUT2D eigenvalue weighted by atomic mass is 10.1. The summed E-state index contributed by atoms with van der Waals surface area (Å²) in [5.74, 6) is 0.0626. The minimum Gasteiger partial charge on any atom is -0.497 e. The molecular formula is C23H23N3O3. The molecule has 1 aromatic heterocycles. The summed E-state index contributed by atoms with van der Waals surface area (Å²) in [7, 11) is 1.56. The maximum atomic E-state index is 13.0. The third-order valence-corrected chi connectivity index (χ3v) is 4.44. The first-order valence-corrected chi connectivity index (χ1v) is 9.32. The zero-order valence-electron chi connectivity index (χ0n) is 16.7. The summed E-state index contributed by atoms with van der Waals surface area (Å²) >= 11 is 0. The molecule has 0 saturated heterocycles. The van der Waals surface area contributed by atoms with E-state index in [1.807, 2.05) is 38.1 Å². The summed E-state index contributed by atoms with van der Waals surface area (Å²) in [6, 6.07) is 17.9. The number of aryl methyl sites for hydroxylation is 1. The molecule has 3 aromatic rings. The molecule has 0 fully saturated rings. The van der Waals surface area contributed by atoms with Crippen LogP contribution >= 0.6 is 0 Å². The third-order valence-electron chi connectivity index (χ3n) is 4.44. The molecular weight excluding hydrogens is 366 g/mol. The van der Waals surface area contributed by atoms with Crippen LogP contribution in [0.4, 0.5) is 11.4 Å². The zero-order chi connectivity index (χ0) is 20.8. The molecule has 0 saturated carbocycles. The number of benzene rings is 2. The van der Waals surface area contributed by atoms with E-state index in [1.54, 1.807) is 42.3 Å². The molecule has 148 valence electrons. The average Bonchev–Trinajstić information content (AvgIpc) is 2.74. The van der Waals surface area contributed by atoms with E-state index in [0.29, 0.717) is 23.5 Å². The highest BCUT2D eigenvalue weighted by atomic mass is 16.5. The highest BCUT2D eigenvalue weighted by Gasteiger charge is 2.19. The molecule has 0 spiro atoms. The normalized spacial score (nSPS) is 10.3. The van der Waals surface area contributed by atoms with Gasteiger partial charge in [-0.25, -0.2) is 0 Å². The number of carbonyl (C=O) groups is 2. The Kier molecular flexibility index (Phi) is 6.24. The van der Waals surface area contributed by atoms with Crippen LogP contribution in [0.5, 0.6) is 5.75 Å². The summed E-state index contributed by atoms with van der Waals surface area (Å²) in [5, 5.41) is 2.81. The van der Waals surface area contributed by atoms with Gasteiger partial charge in [-0.2, -0.15) is 0 Å². The second-order valence-corrected chi connectivity index (χ2v) is 6.50. The molecule has 0 bridgehead atoms. The number of methoxy groups -OCH3 is 1. The van der Waals surface area contributed by atoms with E-state index in [4.69, 9.17) is 4.74 Å². The first kappa shape index (κ1) is 20.1. The number of hydrogen-bond donors (Lipinski definition) is 1. The molecule has 0 aliphatic heterocycles. The molecule has 0 unspecified atom stereocenters. The van der Waals surface area contributed by atoms with Gasteiger partial charge in [0.25, 0.3) is 11.8 Å². The Labute approximate surface area is 170 Å². The number of anilines is 2. The molecule has 2 aromatic carbocycles. The number of rotatable bonds is 6. The van der Waals surface area contributed by atoms with E-state index < -0.39 is 0 Å². The lowest BCUT2D eigenvalue weighted by Gasteiger charge is -2.21. The predicted molar refractivity (Wildman–Crippen MR) is 114 cm³/mol. The average molecular weight is 389 g/mol. The van der Waals surface area contributed by atoms with E-state index in [1.165, 1.54) is 12.3 Å². The van der Waals surface area contributed by atoms with Crippen LogP contribution in [0, 0.1) is 6.92 Å². The smallest absolute Gasteiger partial charge is 0.276 e. The van der Waals surface area contributed by atoms with Crippen molar-refractivity contribution in [2.24, 2.45) is 0 Å². The van der Waals surface area contributed by atoms with Crippen LogP contribution in [0.15, 0.2) is 66.9 Å². The van der Waals surface area contributed by atoms with Crippen molar-refractivity contribution in [3.05, 3.63) is 83.7 Å². The van der Waals surface area contributed by atoms with Crippen molar-refractivity contribution >= 4 is 23.2 Å². The number of nitrogens with zero attached hydrogens (tertiary/aromatic N) is 2. The summed E-state index contributed by atoms with van der Waals surface area (Å²) in [6.07, 6.45) is 1.47. The summed E-state index contributed by atoms with van der Waals surface area (Å²) < 4.78 is 5.17. The quantitative estimate of drug-likeness (QED) is 0.682. The Morgan fingerprint density at radius 1 is 1.07 bits per heavy atom. The molecule has 0 aliphatic rings. The van der Waals surface area contributed by atoms with Crippen molar-refractivity contribution < 1.29 is 14.3 Å². The topological polar surface area (TPSA) is 71.5 Å². The fraction of sp³-hybridized carbons (Fsp3) is 0.174. The summed E-state index contributed by atoms with van der Waals surface area (Å²) in [5.41, 5.74) is 3.03. The highest BCUT2D eigenvalue weighted by Crippen LogP contribution is 2.20. The number of amides is 2. The first-order chi connectivity index (χ1) is 14.0. The summed E-state index contributed by atoms with van der Waals surface area (Å²) in [4.78, 5) is 31.5. The predicted octanol–water partition coefficient (Wildman–Crippen LogP) is 4.32. The Morgan fingerprint density at radius 2 is 1.86 bits per heavy atom. The largest absolute Gasteiger partial charge is 0.497 e. The lowest BCUT2D eigenvalue weighted by molar-refractivity contribution is 0.0983. The van der Waals surface area contributed by atoms with Gasteiger partial charge in [-0.15, -0.1) is 0 Å². The fourth-order valence-corrected chi connectivity index (χ4v) is 2.97. The number of ether oxygens (including phenoxy) is 1. The SMILES string of the molecule is CCN(C(=O)c1cc(C(=O)Nc2cccc(OC)c2)ccn1)c1cccc(C)c1. The van der Waals surface area contributed by atoms with Gasteiger partial charge in [0.05, 0.1) is 7.11 Å². The van der Waals surface area contributed by atoms with Crippen LogP contribution in [0.3, 0.4) is 0 Å². The Morgan fingerprint density at radius 3 is 2.59 bits per heavy atom. The molecule has 0 aliphatic carbocycles. The number of aromatic nitrogens is 1. The highest BCUT2D eigenvalue weighted by molar-refractivity contribution is 6.08. The van der Waals surface area contributed by atoms with Gasteiger partial charge in [0, 0.05) is 35.7 Å². The van der Waals surface area contributed by atoms with Crippen LogP contribution in [0.25, 0.3) is 0 Å². The Bertz CT molecular complexity index is 1030. The van der Waals surface area contributed by atoms with E-state index in [-0.39, 0.29) is 17.5 Å². The van der Waals surface area contributed by atoms with Crippen molar-refractivity contribution in [3.63, 3.8) is 0 Å². The van der Waals surface area contributed by atoms with Gasteiger partial charge < -0.3 is 15.0 Å². The minimum atomic E-state index is -0.326. The molecule has 6 heteroatoms. The summed E-state index contributed by atoms with van der Waals surface area (Å²) in [6.45, 7) is 4.37. The number of nitrogens with one attached hydrogen (secondary N) is 1. The molecule has 29 heavy (non-hydrogen) atoms. The molecule has 3 rings (SSSR count). The zero-order valence-corrected chi connectivity index (χ0v) is 16.7. The number of hydrogen-bond acceptors (Lipinski definition) is 4. The van der Waals surface area contributed by atoms with Crippen molar-refractivity contribution in [1.82, 2.24) is 4.98 Å². The van der Waals surface area contributed by atoms with Crippen LogP contribution in [-0.4, -0.2) is 30.5 Å². The molecule has 2 amide bonds. The van der Waals surface area contributed by atoms with E-state index >= 15 is 0 Å². The van der Waals surface area contributed by atoms with E-state index in [0.717, 1.165) is 11.3 Å². The fourth-order valence-electron chi connectivity index (χ4n) is 2.97. The van der Waals surface area contributed by atoms with Gasteiger partial charge in [-0.3, -0.25) is 14.6 Å². The Hall–Kier alpha value is -3.67. The van der Waals surface area contributed by atoms with Crippen LogP contribution < -0.4 is 15.0 Å². The minimum absolute atomic E-state index is 0.214. The second kappa shape index (κ2) is 9.01. The lowest BCUT2D eigenvalue weighted by Crippen LogP contribution is -2.31. The molecule has 6 nitrogen and oxygen atoms in total. The van der Waals surface area contributed by atoms with Gasteiger partial charge in [0.15, 0.2) is 0 Å². The van der Waals surface area contributed by atoms with Crippen LogP contribution in [0.2, 0.25) is 0 Å². The van der Waals surface area contributed by atoms with Gasteiger partial charge in [0.1, 0.15) is 11.4 Å². The van der Waals surface area contributed by atoms with Gasteiger partial charge in [-0.05, 0) is 55.8 Å². The number of pyridine rings is 1. The van der Waals surface area contributed by atoms with Crippen LogP contribution in [-0.2, 0) is 0 Å². The van der Waals surface area contributed by atoms with Gasteiger partial charge >= 0.3 is 0 Å². The van der Waals surface area contributed by atoms with Gasteiger partial charge in [0.2, 0.25) is 0 Å². The van der Waals surface area contributed by atoms with E-state index in [2.05, 4.69) is 10.3 Å². The van der Waals surface area contributed by atoms with Crippen LogP contribution in [0.1, 0.15) is 33.3 Å². The monoisotopic (exact) mass is 389 g/mol. The van der Waals surface area contributed by atoms with E-state index in [9.17, 15) is 9.59 Å². The standard InChI is InChI=1S/C23H23N3O3/c1-4-26(19-9-5-7-16(2)13-19)23(28)21-14-17(11-12-24-21)22(27)25-18-8-6-10-20(15-18)29-3/h5-15H,4H2,1-3H3,(H,25,27). The molecule has 1 heterocycles. The Balaban J connectivity index is 1.82. The van der Waals surface area contributed by atoms with Gasteiger partial charge in [-0.1, -0.05) is 18.2 Å². The molecule has 0 atom stereocenters. The van der Waals surface area contributed by atoms with Crippen molar-refractivity contribution in [2.45, 2.75) is 13.8 Å². The first-order valence-electron chi connectivity index (χ1n) is 9.32. The second-order valence-electron chi connectivity index (χ2n) is 6.50. The van der Waals surface area contributed by atoms with Crippen molar-refractivity contribution in [3.8, 4) is 5.75 Å². The number of carbonyl (C=O) groups excluding carboxylic acids is 2. The maximum absolute atomic E-state index is 13.0. The third kappa shape index (κ3) is 4.79. The van der Waals surface area contributed by atoms with Crippen molar-refractivity contribution in [1.29, 1.82) is 0 Å². The molecule has 0 radical (unpaired) electrons. The maximum Gasteiger partial charge on any atom is 0.276 e. The van der Waals surface area contributed by atoms with Crippen molar-refractivity contribution in [2.75, 3.05) is 23.9 Å².